The number of aliphatic hydroxyl groups excluding tert-OH is 27. The maximum atomic E-state index is 12.0. The van der Waals surface area contributed by atoms with Crippen LogP contribution >= 0.6 is 0 Å². The van der Waals surface area contributed by atoms with E-state index >= 15 is 0 Å². The van der Waals surface area contributed by atoms with Crippen LogP contribution in [-0.2, 0) is 85.3 Å². The van der Waals surface area contributed by atoms with Crippen molar-refractivity contribution in [3.63, 3.8) is 0 Å². The van der Waals surface area contributed by atoms with Gasteiger partial charge in [-0.2, -0.15) is 0 Å². The topological polar surface area (TPSA) is 712 Å². The lowest BCUT2D eigenvalue weighted by atomic mass is 9.95. The molecule has 99 heavy (non-hydrogen) atoms. The molecule has 0 spiro atoms. The molecule has 0 amide bonds. The zero-order valence-corrected chi connectivity index (χ0v) is 51.8. The number of rotatable bonds is 13. The first kappa shape index (κ1) is 79.8. The second-order valence-corrected chi connectivity index (χ2v) is 25.4. The van der Waals surface area contributed by atoms with Gasteiger partial charge in [-0.3, -0.25) is 0 Å². The quantitative estimate of drug-likeness (QED) is 0.0814. The van der Waals surface area contributed by atoms with Gasteiger partial charge in [0, 0.05) is 0 Å². The van der Waals surface area contributed by atoms with Crippen LogP contribution in [0.3, 0.4) is 0 Å². The molecule has 23 aliphatic rings. The Morgan fingerprint density at radius 2 is 0.333 bits per heavy atom. The number of ether oxygens (including phenoxy) is 18. The Morgan fingerprint density at radius 3 is 0.525 bits per heavy atom. The standard InChI is InChI=1S/C54H90O45/c55-1-10-39-23(64)32(73)48(86-10)94-40-11(2-56)88-50(34(75)25(40)66)96-42-13(4-58)90-52(36(77)27(42)68)98-44-17(8-82-6-15-19(60)21(62)30(71)46(80)84-15)92-54(38(79)29(44)70)99-45-18(9-83-7-16-20(61)22(63)31(72)47(81)85-16)91-53(37(78)28(45)69)97-43-14(5-59)89-51(35(76)26(43)67)95-41-12(3-57)87-49(93-39)33(74)24(41)65/h10-81H,1-9H2/t10-,11-,12-,13-,14-,15-,16-,17-,18-,19+,20+,21-,22-,23-,24-,25-,26-,27-,28+,29-,30+,31+,32-,33-,34-,35+,36-,37-,38-,39-,40-,41-,42-,43-,44-,45-,46+,47+,48-,49-,50-,51-,52-,53-,54-/m1/s1. The maximum Gasteiger partial charge on any atom is 0.187 e. The molecular weight excluding hydrogens is 1370 g/mol. The monoisotopic (exact) mass is 1460 g/mol. The molecule has 23 fully saturated rings. The number of aliphatic hydroxyl groups is 27. The minimum atomic E-state index is -2.43. The van der Waals surface area contributed by atoms with Crippen molar-refractivity contribution in [3.05, 3.63) is 0 Å². The Balaban J connectivity index is 0.969. The summed E-state index contributed by atoms with van der Waals surface area (Å²) in [5.74, 6) is 0. The van der Waals surface area contributed by atoms with Crippen molar-refractivity contribution < 1.29 is 223 Å². The lowest BCUT2D eigenvalue weighted by Crippen LogP contribution is -2.68. The summed E-state index contributed by atoms with van der Waals surface area (Å²) in [5, 5.41) is 298. The zero-order chi connectivity index (χ0) is 72.1. The Labute approximate surface area is 558 Å². The minimum Gasteiger partial charge on any atom is -0.394 e. The SMILES string of the molecule is OC[C@H]1O[C@@H]2O[C@H]3[C@H](O)[C@@H](O)[C@@H](O[C@H]4[C@H](O)[C@@H](O)[C@@H](O[C@H]5[C@H](O)[C@@H](O)[C@@H](O[C@H]6[C@H](O)[C@@H](O)[C@@H](O[C@H]7[C@H](O)[C@@H](O)[C@@H](O[C@H]8[C@@H](O)[C@@H](O)[C@@H](O[C@H]1[C@H](O)[C@@H]2O)O[C@@H]8COC[C@H]1O[C@H](O)[C@@H](O)[C@H](O)[C@H]1O)O[C@@H]7COC[C@H]1O[C@H](O)[C@@H](O)[C@H](O)[C@H]1O)O[C@@H]6CO)O[C@@H]5CO)O[C@@H]4CO)O[C@@H]3CO. The Morgan fingerprint density at radius 1 is 0.162 bits per heavy atom. The van der Waals surface area contributed by atoms with Gasteiger partial charge in [-0.05, 0) is 0 Å². The van der Waals surface area contributed by atoms with Crippen LogP contribution in [0.1, 0.15) is 0 Å². The average molecular weight is 1460 g/mol. The first-order chi connectivity index (χ1) is 47.0. The van der Waals surface area contributed by atoms with Crippen molar-refractivity contribution in [1.82, 2.24) is 0 Å². The van der Waals surface area contributed by atoms with Crippen LogP contribution in [0, 0.1) is 0 Å². The van der Waals surface area contributed by atoms with Gasteiger partial charge in [-0.25, -0.2) is 0 Å². The van der Waals surface area contributed by atoms with E-state index in [1.165, 1.54) is 0 Å². The highest BCUT2D eigenvalue weighted by molar-refractivity contribution is 5.03. The number of hydrogen-bond acceptors (Lipinski definition) is 45. The fraction of sp³-hybridized carbons (Fsp3) is 1.00. The first-order valence-corrected chi connectivity index (χ1v) is 31.6. The molecule has 23 aliphatic heterocycles. The van der Waals surface area contributed by atoms with Crippen molar-refractivity contribution in [2.45, 2.75) is 276 Å². The van der Waals surface area contributed by atoms with Gasteiger partial charge >= 0.3 is 0 Å². The lowest BCUT2D eigenvalue weighted by Gasteiger charge is -2.50. The molecular formula is C54H90O45. The summed E-state index contributed by atoms with van der Waals surface area (Å²) in [4.78, 5) is 0. The van der Waals surface area contributed by atoms with Gasteiger partial charge in [-0.1, -0.05) is 0 Å². The summed E-state index contributed by atoms with van der Waals surface area (Å²) < 4.78 is 103. The van der Waals surface area contributed by atoms with E-state index in [-0.39, 0.29) is 0 Å². The van der Waals surface area contributed by atoms with E-state index < -0.39 is 336 Å². The third-order valence-electron chi connectivity index (χ3n) is 18.9. The molecule has 27 N–H and O–H groups in total. The van der Waals surface area contributed by atoms with Gasteiger partial charge in [0.25, 0.3) is 0 Å². The van der Waals surface area contributed by atoms with Gasteiger partial charge < -0.3 is 223 Å². The normalized spacial score (nSPS) is 55.1. The second-order valence-electron chi connectivity index (χ2n) is 25.4. The number of hydrogen-bond donors (Lipinski definition) is 27. The molecule has 45 nitrogen and oxygen atoms in total. The molecule has 14 bridgehead atoms. The van der Waals surface area contributed by atoms with Gasteiger partial charge in [0.15, 0.2) is 56.6 Å². The highest BCUT2D eigenvalue weighted by Gasteiger charge is 2.60. The molecule has 23 saturated heterocycles. The van der Waals surface area contributed by atoms with Crippen LogP contribution in [0.4, 0.5) is 0 Å². The van der Waals surface area contributed by atoms with E-state index in [2.05, 4.69) is 0 Å². The lowest BCUT2D eigenvalue weighted by molar-refractivity contribution is -0.397. The molecule has 23 rings (SSSR count). The highest BCUT2D eigenvalue weighted by atomic mass is 16.8. The van der Waals surface area contributed by atoms with E-state index in [1.54, 1.807) is 0 Å². The van der Waals surface area contributed by atoms with Crippen LogP contribution < -0.4 is 0 Å². The van der Waals surface area contributed by atoms with Crippen LogP contribution in [0.2, 0.25) is 0 Å². The predicted octanol–water partition coefficient (Wildman–Crippen LogP) is -19.6. The largest absolute Gasteiger partial charge is 0.394 e. The molecule has 0 aliphatic carbocycles. The van der Waals surface area contributed by atoms with E-state index in [0.29, 0.717) is 0 Å². The first-order valence-electron chi connectivity index (χ1n) is 31.6. The molecule has 45 atom stereocenters. The van der Waals surface area contributed by atoms with Crippen LogP contribution in [-0.4, -0.2) is 474 Å². The summed E-state index contributed by atoms with van der Waals surface area (Å²) in [7, 11) is 0. The van der Waals surface area contributed by atoms with E-state index in [9.17, 15) is 138 Å². The van der Waals surface area contributed by atoms with Crippen molar-refractivity contribution >= 4 is 0 Å². The van der Waals surface area contributed by atoms with E-state index in [1.807, 2.05) is 0 Å². The molecule has 0 radical (unpaired) electrons. The molecule has 45 heteroatoms. The molecule has 576 valence electrons. The molecule has 0 unspecified atom stereocenters. The second kappa shape index (κ2) is 34.0. The highest BCUT2D eigenvalue weighted by Crippen LogP contribution is 2.40. The summed E-state index contributed by atoms with van der Waals surface area (Å²) in [6.45, 7) is -9.09. The average Bonchev–Trinajstić information content (AvgIpc) is 0.783. The van der Waals surface area contributed by atoms with Gasteiger partial charge in [-0.15, -0.1) is 0 Å². The summed E-state index contributed by atoms with van der Waals surface area (Å²) in [6.07, 6.45) is -94.3. The van der Waals surface area contributed by atoms with Crippen LogP contribution in [0.25, 0.3) is 0 Å². The third-order valence-corrected chi connectivity index (χ3v) is 18.9. The van der Waals surface area contributed by atoms with Crippen LogP contribution in [0.15, 0.2) is 0 Å². The Kier molecular flexibility index (Phi) is 27.4. The molecule has 0 aromatic heterocycles. The molecule has 0 saturated carbocycles. The molecule has 0 aromatic rings. The van der Waals surface area contributed by atoms with Gasteiger partial charge in [0.2, 0.25) is 0 Å². The van der Waals surface area contributed by atoms with Gasteiger partial charge in [0.1, 0.15) is 220 Å². The van der Waals surface area contributed by atoms with Crippen molar-refractivity contribution in [3.8, 4) is 0 Å². The molecule has 23 heterocycles. The summed E-state index contributed by atoms with van der Waals surface area (Å²) >= 11 is 0. The summed E-state index contributed by atoms with van der Waals surface area (Å²) in [5.41, 5.74) is 0. The fourth-order valence-corrected chi connectivity index (χ4v) is 13.1. The summed E-state index contributed by atoms with van der Waals surface area (Å²) in [6, 6.07) is 0. The van der Waals surface area contributed by atoms with E-state index in [0.717, 1.165) is 0 Å². The Bertz CT molecular complexity index is 2420. The minimum absolute atomic E-state index is 0.802. The van der Waals surface area contributed by atoms with Crippen LogP contribution in [0.5, 0.6) is 0 Å². The van der Waals surface area contributed by atoms with Gasteiger partial charge in [0.05, 0.1) is 59.5 Å². The Hall–Kier alpha value is -1.80. The smallest absolute Gasteiger partial charge is 0.187 e. The third kappa shape index (κ3) is 16.4. The van der Waals surface area contributed by atoms with Crippen molar-refractivity contribution in [2.24, 2.45) is 0 Å². The predicted molar refractivity (Wildman–Crippen MR) is 294 cm³/mol. The maximum absolute atomic E-state index is 12.0. The molecule has 0 aromatic carbocycles. The van der Waals surface area contributed by atoms with Crippen molar-refractivity contribution in [2.75, 3.05) is 59.5 Å². The fourth-order valence-electron chi connectivity index (χ4n) is 13.1. The van der Waals surface area contributed by atoms with Crippen molar-refractivity contribution in [1.29, 1.82) is 0 Å². The van der Waals surface area contributed by atoms with E-state index in [4.69, 9.17) is 85.3 Å². The zero-order valence-electron chi connectivity index (χ0n) is 51.8.